The molecule has 0 radical (unpaired) electrons. The van der Waals surface area contributed by atoms with E-state index in [9.17, 15) is 0 Å². The van der Waals surface area contributed by atoms with E-state index in [-0.39, 0.29) is 0 Å². The SMILES string of the molecule is CC(=Nc1ccccc1)c1ccccc1-c1ccccc1. The van der Waals surface area contributed by atoms with Gasteiger partial charge in [0.2, 0.25) is 0 Å². The lowest BCUT2D eigenvalue weighted by Crippen LogP contribution is -1.97. The summed E-state index contributed by atoms with van der Waals surface area (Å²) in [6.45, 7) is 2.06. The Labute approximate surface area is 125 Å². The van der Waals surface area contributed by atoms with Crippen LogP contribution in [0, 0.1) is 0 Å². The Morgan fingerprint density at radius 1 is 0.667 bits per heavy atom. The molecule has 21 heavy (non-hydrogen) atoms. The highest BCUT2D eigenvalue weighted by Crippen LogP contribution is 2.25. The van der Waals surface area contributed by atoms with Gasteiger partial charge < -0.3 is 0 Å². The van der Waals surface area contributed by atoms with Crippen molar-refractivity contribution in [3.63, 3.8) is 0 Å². The number of hydrogen-bond acceptors (Lipinski definition) is 1. The molecule has 0 fully saturated rings. The van der Waals surface area contributed by atoms with Gasteiger partial charge in [-0.2, -0.15) is 0 Å². The third-order valence-corrected chi connectivity index (χ3v) is 3.45. The molecular formula is C20H17N. The van der Waals surface area contributed by atoms with Gasteiger partial charge in [-0.15, -0.1) is 0 Å². The van der Waals surface area contributed by atoms with Gasteiger partial charge in [-0.3, -0.25) is 4.99 Å². The molecule has 0 aliphatic heterocycles. The van der Waals surface area contributed by atoms with Crippen LogP contribution in [0.2, 0.25) is 0 Å². The lowest BCUT2D eigenvalue weighted by Gasteiger charge is -2.09. The molecule has 0 aliphatic carbocycles. The Morgan fingerprint density at radius 2 is 1.24 bits per heavy atom. The average molecular weight is 271 g/mol. The fraction of sp³-hybridized carbons (Fsp3) is 0.0500. The zero-order chi connectivity index (χ0) is 14.5. The van der Waals surface area contributed by atoms with Crippen LogP contribution < -0.4 is 0 Å². The van der Waals surface area contributed by atoms with E-state index < -0.39 is 0 Å². The van der Waals surface area contributed by atoms with Gasteiger partial charge in [0.05, 0.1) is 5.69 Å². The van der Waals surface area contributed by atoms with Crippen LogP contribution in [0.5, 0.6) is 0 Å². The quantitative estimate of drug-likeness (QED) is 0.558. The van der Waals surface area contributed by atoms with Crippen molar-refractivity contribution in [1.82, 2.24) is 0 Å². The maximum atomic E-state index is 4.73. The fourth-order valence-electron chi connectivity index (χ4n) is 2.42. The minimum atomic E-state index is 0.984. The Balaban J connectivity index is 2.05. The van der Waals surface area contributed by atoms with Crippen LogP contribution in [0.25, 0.3) is 11.1 Å². The van der Waals surface area contributed by atoms with Crippen LogP contribution in [-0.4, -0.2) is 5.71 Å². The molecule has 0 saturated heterocycles. The maximum Gasteiger partial charge on any atom is 0.0633 e. The van der Waals surface area contributed by atoms with Crippen LogP contribution in [0.4, 0.5) is 5.69 Å². The summed E-state index contributed by atoms with van der Waals surface area (Å²) in [5, 5.41) is 0. The molecule has 0 aliphatic rings. The van der Waals surface area contributed by atoms with E-state index in [0.29, 0.717) is 0 Å². The lowest BCUT2D eigenvalue weighted by molar-refractivity contribution is 1.47. The van der Waals surface area contributed by atoms with Crippen molar-refractivity contribution in [2.45, 2.75) is 6.92 Å². The molecule has 0 bridgehead atoms. The summed E-state index contributed by atoms with van der Waals surface area (Å²) in [4.78, 5) is 4.73. The average Bonchev–Trinajstić information content (AvgIpc) is 2.56. The summed E-state index contributed by atoms with van der Waals surface area (Å²) >= 11 is 0. The first-order chi connectivity index (χ1) is 10.3. The first-order valence-corrected chi connectivity index (χ1v) is 7.10. The molecule has 3 rings (SSSR count). The Hall–Kier alpha value is -2.67. The molecule has 0 atom stereocenters. The molecule has 0 saturated carbocycles. The second-order valence-electron chi connectivity index (χ2n) is 4.94. The van der Waals surface area contributed by atoms with Gasteiger partial charge in [0.1, 0.15) is 0 Å². The lowest BCUT2D eigenvalue weighted by atomic mass is 9.97. The fourth-order valence-corrected chi connectivity index (χ4v) is 2.42. The van der Waals surface area contributed by atoms with Crippen LogP contribution in [-0.2, 0) is 0 Å². The van der Waals surface area contributed by atoms with Gasteiger partial charge in [-0.1, -0.05) is 72.8 Å². The second-order valence-corrected chi connectivity index (χ2v) is 4.94. The number of aliphatic imine (C=N–C) groups is 1. The molecule has 1 heteroatoms. The van der Waals surface area contributed by atoms with E-state index in [0.717, 1.165) is 11.4 Å². The summed E-state index contributed by atoms with van der Waals surface area (Å²) in [7, 11) is 0. The Bertz CT molecular complexity index is 743. The van der Waals surface area contributed by atoms with Crippen LogP contribution in [0.15, 0.2) is 89.9 Å². The summed E-state index contributed by atoms with van der Waals surface area (Å²) in [5.41, 5.74) is 5.62. The van der Waals surface area contributed by atoms with Crippen LogP contribution in [0.3, 0.4) is 0 Å². The highest BCUT2D eigenvalue weighted by molar-refractivity contribution is 6.05. The van der Waals surface area contributed by atoms with Gasteiger partial charge in [0.15, 0.2) is 0 Å². The first-order valence-electron chi connectivity index (χ1n) is 7.10. The van der Waals surface area contributed by atoms with E-state index in [1.807, 2.05) is 36.4 Å². The topological polar surface area (TPSA) is 12.4 Å². The zero-order valence-corrected chi connectivity index (χ0v) is 12.0. The van der Waals surface area contributed by atoms with Crippen molar-refractivity contribution in [3.05, 3.63) is 90.5 Å². The van der Waals surface area contributed by atoms with Crippen molar-refractivity contribution in [2.75, 3.05) is 0 Å². The molecule has 0 aromatic heterocycles. The largest absolute Gasteiger partial charge is 0.253 e. The molecule has 0 amide bonds. The molecule has 0 spiro atoms. The number of hydrogen-bond donors (Lipinski definition) is 0. The van der Waals surface area contributed by atoms with Gasteiger partial charge in [-0.05, 0) is 30.2 Å². The van der Waals surface area contributed by atoms with E-state index >= 15 is 0 Å². The standard InChI is InChI=1S/C20H17N/c1-16(21-18-12-6-3-7-13-18)19-14-8-9-15-20(19)17-10-4-2-5-11-17/h2-15H,1H3. The van der Waals surface area contributed by atoms with Gasteiger partial charge >= 0.3 is 0 Å². The van der Waals surface area contributed by atoms with Crippen LogP contribution >= 0.6 is 0 Å². The highest BCUT2D eigenvalue weighted by Gasteiger charge is 2.06. The van der Waals surface area contributed by atoms with Crippen molar-refractivity contribution >= 4 is 11.4 Å². The number of para-hydroxylation sites is 1. The van der Waals surface area contributed by atoms with E-state index in [1.165, 1.54) is 16.7 Å². The predicted molar refractivity (Wildman–Crippen MR) is 90.2 cm³/mol. The Kier molecular flexibility index (Phi) is 3.92. The summed E-state index contributed by atoms with van der Waals surface area (Å²) in [6, 6.07) is 28.9. The summed E-state index contributed by atoms with van der Waals surface area (Å²) < 4.78 is 0. The maximum absolute atomic E-state index is 4.73. The van der Waals surface area contributed by atoms with Gasteiger partial charge in [0, 0.05) is 11.3 Å². The van der Waals surface area contributed by atoms with E-state index in [2.05, 4.69) is 55.5 Å². The smallest absolute Gasteiger partial charge is 0.0633 e. The molecule has 102 valence electrons. The minimum absolute atomic E-state index is 0.984. The molecular weight excluding hydrogens is 254 g/mol. The molecule has 0 N–H and O–H groups in total. The monoisotopic (exact) mass is 271 g/mol. The number of rotatable bonds is 3. The highest BCUT2D eigenvalue weighted by atomic mass is 14.7. The van der Waals surface area contributed by atoms with Crippen molar-refractivity contribution < 1.29 is 0 Å². The third kappa shape index (κ3) is 3.09. The molecule has 3 aromatic carbocycles. The molecule has 1 nitrogen and oxygen atoms in total. The van der Waals surface area contributed by atoms with E-state index in [1.54, 1.807) is 0 Å². The van der Waals surface area contributed by atoms with Crippen molar-refractivity contribution in [1.29, 1.82) is 0 Å². The third-order valence-electron chi connectivity index (χ3n) is 3.45. The Morgan fingerprint density at radius 3 is 1.95 bits per heavy atom. The summed E-state index contributed by atoms with van der Waals surface area (Å²) in [6.07, 6.45) is 0. The number of benzene rings is 3. The van der Waals surface area contributed by atoms with Crippen LogP contribution in [0.1, 0.15) is 12.5 Å². The number of nitrogens with zero attached hydrogens (tertiary/aromatic N) is 1. The summed E-state index contributed by atoms with van der Waals surface area (Å²) in [5.74, 6) is 0. The molecule has 0 heterocycles. The first kappa shape index (κ1) is 13.3. The normalized spacial score (nSPS) is 11.4. The molecule has 0 unspecified atom stereocenters. The zero-order valence-electron chi connectivity index (χ0n) is 12.0. The van der Waals surface area contributed by atoms with Gasteiger partial charge in [-0.25, -0.2) is 0 Å². The van der Waals surface area contributed by atoms with E-state index in [4.69, 9.17) is 4.99 Å². The van der Waals surface area contributed by atoms with Crippen molar-refractivity contribution in [2.24, 2.45) is 4.99 Å². The van der Waals surface area contributed by atoms with Gasteiger partial charge in [0.25, 0.3) is 0 Å². The van der Waals surface area contributed by atoms with Crippen molar-refractivity contribution in [3.8, 4) is 11.1 Å². The predicted octanol–water partition coefficient (Wildman–Crippen LogP) is 5.49. The second kappa shape index (κ2) is 6.19. The minimum Gasteiger partial charge on any atom is -0.253 e. The molecule has 3 aromatic rings.